The zero-order valence-electron chi connectivity index (χ0n) is 8.18. The summed E-state index contributed by atoms with van der Waals surface area (Å²) in [5, 5.41) is 8.17. The van der Waals surface area contributed by atoms with E-state index in [0.29, 0.717) is 0 Å². The molecule has 0 aliphatic rings. The Morgan fingerprint density at radius 3 is 2.65 bits per heavy atom. The van der Waals surface area contributed by atoms with Gasteiger partial charge in [-0.15, -0.1) is 0 Å². The number of carboxylic acid groups (broad SMARTS) is 1. The summed E-state index contributed by atoms with van der Waals surface area (Å²) in [4.78, 5) is 15.7. The third-order valence-corrected chi connectivity index (χ3v) is 3.76. The lowest BCUT2D eigenvalue weighted by Crippen LogP contribution is -2.27. The summed E-state index contributed by atoms with van der Waals surface area (Å²) in [6, 6.07) is 4.02. The second-order valence-corrected chi connectivity index (χ2v) is 5.22. The van der Waals surface area contributed by atoms with Crippen molar-refractivity contribution in [2.75, 3.05) is 6.61 Å². The highest BCUT2D eigenvalue weighted by Crippen LogP contribution is 2.28. The third kappa shape index (κ3) is 3.83. The van der Waals surface area contributed by atoms with Gasteiger partial charge < -0.3 is 5.11 Å². The molecule has 94 valence electrons. The maximum absolute atomic E-state index is 11.6. The molecule has 0 aromatic heterocycles. The summed E-state index contributed by atoms with van der Waals surface area (Å²) >= 11 is 11.3. The minimum atomic E-state index is -4.06. The Morgan fingerprint density at radius 2 is 2.06 bits per heavy atom. The zero-order valence-corrected chi connectivity index (χ0v) is 10.5. The normalized spacial score (nSPS) is 11.4. The van der Waals surface area contributed by atoms with Gasteiger partial charge in [-0.1, -0.05) is 34.2 Å². The zero-order chi connectivity index (χ0) is 13.1. The van der Waals surface area contributed by atoms with Crippen LogP contribution in [0.15, 0.2) is 23.1 Å². The average molecular weight is 300 g/mol. The van der Waals surface area contributed by atoms with Gasteiger partial charge in [0.2, 0.25) is 0 Å². The van der Waals surface area contributed by atoms with E-state index >= 15 is 0 Å². The molecule has 6 nitrogen and oxygen atoms in total. The van der Waals surface area contributed by atoms with Crippen LogP contribution in [-0.2, 0) is 19.7 Å². The van der Waals surface area contributed by atoms with E-state index in [-0.39, 0.29) is 14.9 Å². The molecule has 0 heterocycles. The van der Waals surface area contributed by atoms with E-state index in [2.05, 4.69) is 4.84 Å². The second-order valence-electron chi connectivity index (χ2n) is 2.82. The van der Waals surface area contributed by atoms with Crippen molar-refractivity contribution in [1.29, 1.82) is 0 Å². The molecule has 0 radical (unpaired) electrons. The highest BCUT2D eigenvalue weighted by atomic mass is 35.5. The molecule has 0 saturated carbocycles. The van der Waals surface area contributed by atoms with Crippen LogP contribution in [0.2, 0.25) is 10.0 Å². The van der Waals surface area contributed by atoms with Crippen LogP contribution in [0, 0.1) is 0 Å². The summed E-state index contributed by atoms with van der Waals surface area (Å²) < 4.78 is 23.2. The van der Waals surface area contributed by atoms with Crippen molar-refractivity contribution in [2.24, 2.45) is 0 Å². The maximum atomic E-state index is 11.6. The lowest BCUT2D eigenvalue weighted by Gasteiger charge is -2.07. The first-order valence-electron chi connectivity index (χ1n) is 4.14. The minimum absolute atomic E-state index is 0.0628. The van der Waals surface area contributed by atoms with Gasteiger partial charge in [-0.3, -0.25) is 4.84 Å². The summed E-state index contributed by atoms with van der Waals surface area (Å²) in [7, 11) is -4.06. The minimum Gasteiger partial charge on any atom is -0.479 e. The number of hydrogen-bond donors (Lipinski definition) is 2. The Balaban J connectivity index is 2.90. The van der Waals surface area contributed by atoms with E-state index in [1.165, 1.54) is 18.2 Å². The Kier molecular flexibility index (Phi) is 4.72. The lowest BCUT2D eigenvalue weighted by atomic mass is 10.4. The molecule has 0 unspecified atom stereocenters. The van der Waals surface area contributed by atoms with Crippen molar-refractivity contribution in [2.45, 2.75) is 4.90 Å². The van der Waals surface area contributed by atoms with Gasteiger partial charge in [-0.25, -0.2) is 13.2 Å². The molecule has 0 spiro atoms. The fraction of sp³-hybridized carbons (Fsp3) is 0.125. The Bertz CT molecular complexity index is 531. The van der Waals surface area contributed by atoms with Crippen LogP contribution in [0.25, 0.3) is 0 Å². The predicted molar refractivity (Wildman–Crippen MR) is 60.4 cm³/mol. The summed E-state index contributed by atoms with van der Waals surface area (Å²) in [6.45, 7) is -0.808. The number of hydrogen-bond acceptors (Lipinski definition) is 4. The standard InChI is InChI=1S/C8H7Cl2NO5S/c9-5-2-1-3-6(8(5)10)17(14,15)11-16-4-7(12)13/h1-3,11H,4H2,(H,12,13). The molecule has 1 rings (SSSR count). The number of sulfonamides is 1. The molecule has 0 fully saturated rings. The topological polar surface area (TPSA) is 92.7 Å². The fourth-order valence-electron chi connectivity index (χ4n) is 0.905. The first kappa shape index (κ1) is 14.2. The molecule has 0 saturated heterocycles. The Hall–Kier alpha value is -0.860. The number of halogens is 2. The quantitative estimate of drug-likeness (QED) is 0.799. The summed E-state index contributed by atoms with van der Waals surface area (Å²) in [5.74, 6) is -1.31. The van der Waals surface area contributed by atoms with E-state index < -0.39 is 22.6 Å². The van der Waals surface area contributed by atoms with E-state index in [4.69, 9.17) is 28.3 Å². The maximum Gasteiger partial charge on any atom is 0.331 e. The number of benzene rings is 1. The lowest BCUT2D eigenvalue weighted by molar-refractivity contribution is -0.143. The van der Waals surface area contributed by atoms with Crippen molar-refractivity contribution in [1.82, 2.24) is 4.89 Å². The molecule has 0 bridgehead atoms. The largest absolute Gasteiger partial charge is 0.479 e. The fourth-order valence-corrected chi connectivity index (χ4v) is 2.47. The van der Waals surface area contributed by atoms with Gasteiger partial charge in [0.25, 0.3) is 10.0 Å². The number of aliphatic carboxylic acids is 1. The molecule has 0 aliphatic heterocycles. The van der Waals surface area contributed by atoms with Crippen LogP contribution in [0.4, 0.5) is 0 Å². The predicted octanol–water partition coefficient (Wildman–Crippen LogP) is 1.29. The first-order chi connectivity index (χ1) is 7.84. The van der Waals surface area contributed by atoms with Crippen LogP contribution >= 0.6 is 23.2 Å². The first-order valence-corrected chi connectivity index (χ1v) is 6.38. The molecule has 0 amide bonds. The van der Waals surface area contributed by atoms with E-state index in [1.54, 1.807) is 4.89 Å². The van der Waals surface area contributed by atoms with Crippen LogP contribution < -0.4 is 4.89 Å². The molecule has 1 aromatic rings. The smallest absolute Gasteiger partial charge is 0.331 e. The highest BCUT2D eigenvalue weighted by Gasteiger charge is 2.19. The monoisotopic (exact) mass is 299 g/mol. The van der Waals surface area contributed by atoms with Gasteiger partial charge in [0, 0.05) is 0 Å². The highest BCUT2D eigenvalue weighted by molar-refractivity contribution is 7.89. The number of nitrogens with one attached hydrogen (secondary N) is 1. The van der Waals surface area contributed by atoms with E-state index in [9.17, 15) is 13.2 Å². The van der Waals surface area contributed by atoms with Gasteiger partial charge in [-0.05, 0) is 12.1 Å². The van der Waals surface area contributed by atoms with Crippen LogP contribution in [0.3, 0.4) is 0 Å². The van der Waals surface area contributed by atoms with Crippen molar-refractivity contribution in [3.63, 3.8) is 0 Å². The van der Waals surface area contributed by atoms with Gasteiger partial charge in [0.05, 0.1) is 10.0 Å². The number of carbonyl (C=O) groups is 1. The summed E-state index contributed by atoms with van der Waals surface area (Å²) in [6.07, 6.45) is 0. The van der Waals surface area contributed by atoms with E-state index in [0.717, 1.165) is 0 Å². The SMILES string of the molecule is O=C(O)CONS(=O)(=O)c1cccc(Cl)c1Cl. The molecule has 1 aromatic carbocycles. The van der Waals surface area contributed by atoms with Crippen LogP contribution in [-0.4, -0.2) is 26.1 Å². The Morgan fingerprint density at radius 1 is 1.41 bits per heavy atom. The van der Waals surface area contributed by atoms with Crippen LogP contribution in [0.5, 0.6) is 0 Å². The molecule has 0 aliphatic carbocycles. The van der Waals surface area contributed by atoms with Crippen LogP contribution in [0.1, 0.15) is 0 Å². The van der Waals surface area contributed by atoms with Crippen molar-refractivity contribution in [3.05, 3.63) is 28.2 Å². The van der Waals surface area contributed by atoms with Gasteiger partial charge in [0.15, 0.2) is 6.61 Å². The number of rotatable bonds is 5. The van der Waals surface area contributed by atoms with E-state index in [1.807, 2.05) is 0 Å². The van der Waals surface area contributed by atoms with Gasteiger partial charge in [-0.2, -0.15) is 0 Å². The van der Waals surface area contributed by atoms with Crippen molar-refractivity contribution < 1.29 is 23.2 Å². The molecular weight excluding hydrogens is 293 g/mol. The third-order valence-electron chi connectivity index (χ3n) is 1.57. The molecule has 0 atom stereocenters. The molecule has 9 heteroatoms. The Labute approximate surface area is 107 Å². The van der Waals surface area contributed by atoms with Crippen molar-refractivity contribution in [3.8, 4) is 0 Å². The van der Waals surface area contributed by atoms with Gasteiger partial charge in [0.1, 0.15) is 4.90 Å². The summed E-state index contributed by atoms with van der Waals surface area (Å²) in [5.41, 5.74) is 0. The second kappa shape index (κ2) is 5.65. The molecular formula is C8H7Cl2NO5S. The van der Waals surface area contributed by atoms with Crippen molar-refractivity contribution >= 4 is 39.2 Å². The van der Waals surface area contributed by atoms with Gasteiger partial charge >= 0.3 is 5.97 Å². The average Bonchev–Trinajstić information content (AvgIpc) is 2.21. The molecule has 2 N–H and O–H groups in total. The molecule has 17 heavy (non-hydrogen) atoms. The number of carboxylic acids is 1.